The number of likely N-dealkylation sites (tertiary alicyclic amines) is 1. The minimum absolute atomic E-state index is 0.0557. The lowest BCUT2D eigenvalue weighted by molar-refractivity contribution is -0.116. The minimum atomic E-state index is 0.0557. The van der Waals surface area contributed by atoms with Crippen LogP contribution in [0.15, 0.2) is 29.3 Å². The number of benzene rings is 1. The molecule has 154 valence electrons. The van der Waals surface area contributed by atoms with Gasteiger partial charge in [-0.1, -0.05) is 24.6 Å². The molecule has 1 unspecified atom stereocenters. The zero-order chi connectivity index (χ0) is 20.0. The molecule has 0 aromatic heterocycles. The lowest BCUT2D eigenvalue weighted by Crippen LogP contribution is -2.49. The third-order valence-electron chi connectivity index (χ3n) is 5.80. The van der Waals surface area contributed by atoms with Gasteiger partial charge in [-0.25, -0.2) is 0 Å². The van der Waals surface area contributed by atoms with Crippen LogP contribution in [0.1, 0.15) is 57.9 Å². The molecule has 1 aromatic rings. The summed E-state index contributed by atoms with van der Waals surface area (Å²) >= 11 is 0. The van der Waals surface area contributed by atoms with Crippen molar-refractivity contribution < 1.29 is 4.79 Å². The molecule has 1 fully saturated rings. The average molecular weight is 386 g/mol. The summed E-state index contributed by atoms with van der Waals surface area (Å²) in [5.74, 6) is 1.07. The summed E-state index contributed by atoms with van der Waals surface area (Å²) in [6.07, 6.45) is 4.42. The summed E-state index contributed by atoms with van der Waals surface area (Å²) in [6.45, 7) is 11.2. The Morgan fingerprint density at radius 2 is 1.96 bits per heavy atom. The van der Waals surface area contributed by atoms with Gasteiger partial charge in [0.25, 0.3) is 0 Å². The summed E-state index contributed by atoms with van der Waals surface area (Å²) < 4.78 is 0. The summed E-state index contributed by atoms with van der Waals surface area (Å²) in [4.78, 5) is 19.5. The molecule has 1 saturated heterocycles. The van der Waals surface area contributed by atoms with Crippen molar-refractivity contribution in [2.24, 2.45) is 4.99 Å². The Bertz CT molecular complexity index is 694. The van der Waals surface area contributed by atoms with E-state index in [1.165, 1.54) is 37.9 Å². The molecule has 0 spiro atoms. The standard InChI is InChI=1S/C22H35N5O/c1-4-23-21(25-16-22(2,3)27-12-8-5-9-13-27)24-15-17-14-20(28)26-19-11-7-6-10-18(17)19/h6-7,10-11,17H,4-5,8-9,12-16H2,1-3H3,(H,26,28)(H2,23,24,25). The van der Waals surface area contributed by atoms with Crippen LogP contribution >= 0.6 is 0 Å². The van der Waals surface area contributed by atoms with Gasteiger partial charge in [0.2, 0.25) is 5.91 Å². The molecule has 3 rings (SSSR count). The van der Waals surface area contributed by atoms with E-state index in [-0.39, 0.29) is 17.4 Å². The molecular weight excluding hydrogens is 350 g/mol. The second-order valence-electron chi connectivity index (χ2n) is 8.47. The number of nitrogens with one attached hydrogen (secondary N) is 3. The first kappa shape index (κ1) is 20.6. The van der Waals surface area contributed by atoms with Gasteiger partial charge in [0.1, 0.15) is 0 Å². The van der Waals surface area contributed by atoms with Crippen molar-refractivity contribution in [3.63, 3.8) is 0 Å². The Balaban J connectivity index is 1.63. The quantitative estimate of drug-likeness (QED) is 0.520. The summed E-state index contributed by atoms with van der Waals surface area (Å²) in [7, 11) is 0. The number of para-hydroxylation sites is 1. The maximum atomic E-state index is 12.0. The van der Waals surface area contributed by atoms with Crippen LogP contribution in [0.2, 0.25) is 0 Å². The molecule has 28 heavy (non-hydrogen) atoms. The first-order valence-corrected chi connectivity index (χ1v) is 10.7. The SMILES string of the molecule is CCNC(=NCC(C)(C)N1CCCCC1)NCC1CC(=O)Nc2ccccc21. The molecule has 2 aliphatic heterocycles. The molecule has 0 saturated carbocycles. The summed E-state index contributed by atoms with van der Waals surface area (Å²) in [5, 5.41) is 9.79. The van der Waals surface area contributed by atoms with E-state index >= 15 is 0 Å². The lowest BCUT2D eigenvalue weighted by atomic mass is 9.90. The zero-order valence-electron chi connectivity index (χ0n) is 17.6. The van der Waals surface area contributed by atoms with Crippen molar-refractivity contribution >= 4 is 17.6 Å². The Morgan fingerprint density at radius 1 is 1.21 bits per heavy atom. The monoisotopic (exact) mass is 385 g/mol. The third-order valence-corrected chi connectivity index (χ3v) is 5.80. The maximum absolute atomic E-state index is 12.0. The van der Waals surface area contributed by atoms with E-state index in [1.807, 2.05) is 18.2 Å². The summed E-state index contributed by atoms with van der Waals surface area (Å²) in [6, 6.07) is 8.07. The molecule has 0 radical (unpaired) electrons. The Labute approximate surface area is 169 Å². The molecule has 1 amide bonds. The summed E-state index contributed by atoms with van der Waals surface area (Å²) in [5.41, 5.74) is 2.18. The van der Waals surface area contributed by atoms with Crippen LogP contribution in [0.5, 0.6) is 0 Å². The molecule has 2 aliphatic rings. The highest BCUT2D eigenvalue weighted by molar-refractivity contribution is 5.94. The first-order valence-electron chi connectivity index (χ1n) is 10.7. The van der Waals surface area contributed by atoms with Gasteiger partial charge in [0.15, 0.2) is 5.96 Å². The van der Waals surface area contributed by atoms with Crippen molar-refractivity contribution in [3.05, 3.63) is 29.8 Å². The highest BCUT2D eigenvalue weighted by Crippen LogP contribution is 2.31. The van der Waals surface area contributed by atoms with Crippen molar-refractivity contribution in [2.45, 2.75) is 57.9 Å². The number of nitrogens with zero attached hydrogens (tertiary/aromatic N) is 2. The fraction of sp³-hybridized carbons (Fsp3) is 0.636. The highest BCUT2D eigenvalue weighted by Gasteiger charge is 2.28. The molecule has 0 aliphatic carbocycles. The fourth-order valence-corrected chi connectivity index (χ4v) is 4.12. The second-order valence-corrected chi connectivity index (χ2v) is 8.47. The zero-order valence-corrected chi connectivity index (χ0v) is 17.6. The predicted molar refractivity (Wildman–Crippen MR) is 116 cm³/mol. The van der Waals surface area contributed by atoms with Gasteiger partial charge in [0.05, 0.1) is 6.54 Å². The number of anilines is 1. The van der Waals surface area contributed by atoms with Crippen molar-refractivity contribution in [2.75, 3.05) is 38.0 Å². The predicted octanol–water partition coefficient (Wildman–Crippen LogP) is 2.93. The number of fused-ring (bicyclic) bond motifs is 1. The van der Waals surface area contributed by atoms with Gasteiger partial charge >= 0.3 is 0 Å². The number of rotatable bonds is 6. The van der Waals surface area contributed by atoms with E-state index in [4.69, 9.17) is 4.99 Å². The molecule has 3 N–H and O–H groups in total. The van der Waals surface area contributed by atoms with Gasteiger partial charge in [-0.05, 0) is 58.3 Å². The molecule has 6 nitrogen and oxygen atoms in total. The molecular formula is C22H35N5O. The maximum Gasteiger partial charge on any atom is 0.225 e. The Kier molecular flexibility index (Phi) is 6.94. The molecule has 0 bridgehead atoms. The van der Waals surface area contributed by atoms with E-state index < -0.39 is 0 Å². The molecule has 2 heterocycles. The normalized spacial score (nSPS) is 21.0. The van der Waals surface area contributed by atoms with Crippen LogP contribution in [0.4, 0.5) is 5.69 Å². The smallest absolute Gasteiger partial charge is 0.225 e. The third kappa shape index (κ3) is 5.25. The number of carbonyl (C=O) groups is 1. The van der Waals surface area contributed by atoms with Gasteiger partial charge < -0.3 is 16.0 Å². The number of hydrogen-bond acceptors (Lipinski definition) is 3. The van der Waals surface area contributed by atoms with Crippen molar-refractivity contribution in [1.29, 1.82) is 0 Å². The number of carbonyl (C=O) groups excluding carboxylic acids is 1. The number of hydrogen-bond donors (Lipinski definition) is 3. The Morgan fingerprint density at radius 3 is 2.71 bits per heavy atom. The number of piperidine rings is 1. The van der Waals surface area contributed by atoms with Crippen LogP contribution in [-0.2, 0) is 4.79 Å². The lowest BCUT2D eigenvalue weighted by Gasteiger charge is -2.40. The average Bonchev–Trinajstić information content (AvgIpc) is 2.70. The molecule has 6 heteroatoms. The van der Waals surface area contributed by atoms with Crippen LogP contribution < -0.4 is 16.0 Å². The largest absolute Gasteiger partial charge is 0.357 e. The highest BCUT2D eigenvalue weighted by atomic mass is 16.1. The van der Waals surface area contributed by atoms with Crippen LogP contribution in [0.3, 0.4) is 0 Å². The van der Waals surface area contributed by atoms with Crippen LogP contribution in [0.25, 0.3) is 0 Å². The number of guanidine groups is 1. The van der Waals surface area contributed by atoms with Gasteiger partial charge in [-0.3, -0.25) is 14.7 Å². The van der Waals surface area contributed by atoms with E-state index in [0.29, 0.717) is 13.0 Å². The van der Waals surface area contributed by atoms with Crippen LogP contribution in [0, 0.1) is 0 Å². The van der Waals surface area contributed by atoms with E-state index in [2.05, 4.69) is 47.7 Å². The minimum Gasteiger partial charge on any atom is -0.357 e. The second kappa shape index (κ2) is 9.41. The molecule has 1 aromatic carbocycles. The van der Waals surface area contributed by atoms with E-state index in [9.17, 15) is 4.79 Å². The topological polar surface area (TPSA) is 68.8 Å². The first-order chi connectivity index (χ1) is 13.5. The van der Waals surface area contributed by atoms with Crippen LogP contribution in [-0.4, -0.2) is 55.0 Å². The Hall–Kier alpha value is -2.08. The van der Waals surface area contributed by atoms with E-state index in [1.54, 1.807) is 0 Å². The fourth-order valence-electron chi connectivity index (χ4n) is 4.12. The van der Waals surface area contributed by atoms with Crippen molar-refractivity contribution in [1.82, 2.24) is 15.5 Å². The van der Waals surface area contributed by atoms with Gasteiger partial charge in [0, 0.05) is 36.7 Å². The van der Waals surface area contributed by atoms with Gasteiger partial charge in [-0.2, -0.15) is 0 Å². The van der Waals surface area contributed by atoms with Crippen molar-refractivity contribution in [3.8, 4) is 0 Å². The molecule has 1 atom stereocenters. The van der Waals surface area contributed by atoms with Gasteiger partial charge in [-0.15, -0.1) is 0 Å². The van der Waals surface area contributed by atoms with E-state index in [0.717, 1.165) is 24.7 Å². The number of aliphatic imine (C=N–C) groups is 1. The number of amides is 1.